The summed E-state index contributed by atoms with van der Waals surface area (Å²) in [5, 5.41) is 11.6. The Morgan fingerprint density at radius 1 is 1.85 bits per heavy atom. The molecule has 1 rings (SSSR count). The molecule has 0 aromatic carbocycles. The molecule has 5 heteroatoms. The van der Waals surface area contributed by atoms with Crippen LogP contribution in [0, 0.1) is 0 Å². The Balaban J connectivity index is 2.45. The molecule has 13 heavy (non-hydrogen) atoms. The Bertz CT molecular complexity index is 261. The minimum absolute atomic E-state index is 0.0442. The van der Waals surface area contributed by atoms with Crippen LogP contribution in [0.15, 0.2) is 11.7 Å². The summed E-state index contributed by atoms with van der Waals surface area (Å²) < 4.78 is 0. The first-order valence-corrected chi connectivity index (χ1v) is 4.85. The van der Waals surface area contributed by atoms with Crippen molar-refractivity contribution in [1.29, 1.82) is 0 Å². The van der Waals surface area contributed by atoms with Gasteiger partial charge < -0.3 is 10.4 Å². The van der Waals surface area contributed by atoms with Crippen molar-refractivity contribution in [1.82, 2.24) is 10.3 Å². The molecule has 4 nitrogen and oxygen atoms in total. The number of amides is 1. The Morgan fingerprint density at radius 2 is 2.62 bits per heavy atom. The van der Waals surface area contributed by atoms with Gasteiger partial charge in [0.1, 0.15) is 0 Å². The second kappa shape index (κ2) is 4.94. The van der Waals surface area contributed by atoms with E-state index in [2.05, 4.69) is 10.3 Å². The lowest BCUT2D eigenvalue weighted by Crippen LogP contribution is -2.37. The molecule has 1 aromatic heterocycles. The summed E-state index contributed by atoms with van der Waals surface area (Å²) in [6, 6.07) is -0.196. The van der Waals surface area contributed by atoms with E-state index >= 15 is 0 Å². The normalized spacial score (nSPS) is 12.5. The molecule has 0 unspecified atom stereocenters. The van der Waals surface area contributed by atoms with E-state index in [-0.39, 0.29) is 18.6 Å². The van der Waals surface area contributed by atoms with Crippen molar-refractivity contribution in [2.24, 2.45) is 0 Å². The lowest BCUT2D eigenvalue weighted by atomic mass is 10.2. The van der Waals surface area contributed by atoms with Gasteiger partial charge in [-0.15, -0.1) is 11.3 Å². The van der Waals surface area contributed by atoms with Crippen molar-refractivity contribution >= 4 is 17.2 Å². The molecule has 1 amide bonds. The Kier molecular flexibility index (Phi) is 3.85. The van der Waals surface area contributed by atoms with E-state index in [0.717, 1.165) is 4.88 Å². The number of aliphatic hydroxyl groups is 1. The van der Waals surface area contributed by atoms with E-state index < -0.39 is 0 Å². The highest BCUT2D eigenvalue weighted by Crippen LogP contribution is 2.08. The maximum absolute atomic E-state index is 10.7. The minimum Gasteiger partial charge on any atom is -0.394 e. The van der Waals surface area contributed by atoms with Gasteiger partial charge in [-0.1, -0.05) is 0 Å². The molecule has 0 aliphatic heterocycles. The van der Waals surface area contributed by atoms with Crippen molar-refractivity contribution in [3.05, 3.63) is 16.6 Å². The Morgan fingerprint density at radius 3 is 3.08 bits per heavy atom. The molecule has 0 radical (unpaired) electrons. The van der Waals surface area contributed by atoms with E-state index in [1.165, 1.54) is 18.3 Å². The number of rotatable bonds is 4. The van der Waals surface area contributed by atoms with E-state index in [1.807, 2.05) is 0 Å². The fourth-order valence-corrected chi connectivity index (χ4v) is 1.71. The van der Waals surface area contributed by atoms with Crippen LogP contribution in [-0.4, -0.2) is 28.6 Å². The summed E-state index contributed by atoms with van der Waals surface area (Å²) in [6.45, 7) is 1.40. The maximum atomic E-state index is 10.7. The zero-order valence-electron chi connectivity index (χ0n) is 7.36. The summed E-state index contributed by atoms with van der Waals surface area (Å²) in [6.07, 6.45) is 2.38. The van der Waals surface area contributed by atoms with Gasteiger partial charge in [-0.05, 0) is 0 Å². The minimum atomic E-state index is -0.196. The molecule has 1 atom stereocenters. The van der Waals surface area contributed by atoms with Crippen molar-refractivity contribution in [2.45, 2.75) is 19.4 Å². The quantitative estimate of drug-likeness (QED) is 0.729. The smallest absolute Gasteiger partial charge is 0.217 e. The topological polar surface area (TPSA) is 62.2 Å². The van der Waals surface area contributed by atoms with Gasteiger partial charge >= 0.3 is 0 Å². The van der Waals surface area contributed by atoms with Gasteiger partial charge in [0.15, 0.2) is 0 Å². The average Bonchev–Trinajstić information content (AvgIpc) is 2.55. The molecule has 0 spiro atoms. The van der Waals surface area contributed by atoms with E-state index in [1.54, 1.807) is 11.7 Å². The SMILES string of the molecule is CC(=O)N[C@@H](CO)Cc1cncs1. The highest BCUT2D eigenvalue weighted by Gasteiger charge is 2.09. The molecule has 0 bridgehead atoms. The number of nitrogens with zero attached hydrogens (tertiary/aromatic N) is 1. The predicted octanol–water partition coefficient (Wildman–Crippen LogP) is 0.183. The van der Waals surface area contributed by atoms with Gasteiger partial charge in [-0.3, -0.25) is 9.78 Å². The van der Waals surface area contributed by atoms with Crippen LogP contribution in [0.4, 0.5) is 0 Å². The van der Waals surface area contributed by atoms with Crippen LogP contribution < -0.4 is 5.32 Å². The summed E-state index contributed by atoms with van der Waals surface area (Å²) in [7, 11) is 0. The molecule has 72 valence electrons. The van der Waals surface area contributed by atoms with Crippen LogP contribution in [0.5, 0.6) is 0 Å². The lowest BCUT2D eigenvalue weighted by molar-refractivity contribution is -0.119. The molecule has 0 saturated heterocycles. The third-order valence-corrected chi connectivity index (χ3v) is 2.36. The van der Waals surface area contributed by atoms with Crippen molar-refractivity contribution < 1.29 is 9.90 Å². The fraction of sp³-hybridized carbons (Fsp3) is 0.500. The number of hydrogen-bond acceptors (Lipinski definition) is 4. The molecule has 0 aliphatic rings. The average molecular weight is 200 g/mol. The monoisotopic (exact) mass is 200 g/mol. The summed E-state index contributed by atoms with van der Waals surface area (Å²) in [5.74, 6) is -0.122. The lowest BCUT2D eigenvalue weighted by Gasteiger charge is -2.13. The van der Waals surface area contributed by atoms with Gasteiger partial charge in [0.05, 0.1) is 18.2 Å². The number of nitrogens with one attached hydrogen (secondary N) is 1. The second-order valence-corrected chi connectivity index (χ2v) is 3.72. The van der Waals surface area contributed by atoms with E-state index in [9.17, 15) is 4.79 Å². The summed E-state index contributed by atoms with van der Waals surface area (Å²) in [5.41, 5.74) is 1.73. The molecule has 0 aliphatic carbocycles. The first-order valence-electron chi connectivity index (χ1n) is 3.97. The molecule has 0 saturated carbocycles. The number of carbonyl (C=O) groups is 1. The molecular weight excluding hydrogens is 188 g/mol. The van der Waals surface area contributed by atoms with Gasteiger partial charge in [0.25, 0.3) is 0 Å². The molecule has 1 heterocycles. The predicted molar refractivity (Wildman–Crippen MR) is 50.5 cm³/mol. The third kappa shape index (κ3) is 3.52. The van der Waals surface area contributed by atoms with Gasteiger partial charge in [0, 0.05) is 24.4 Å². The van der Waals surface area contributed by atoms with Gasteiger partial charge in [-0.25, -0.2) is 0 Å². The first kappa shape index (κ1) is 10.1. The highest BCUT2D eigenvalue weighted by atomic mass is 32.1. The molecular formula is C8H12N2O2S. The zero-order chi connectivity index (χ0) is 9.68. The van der Waals surface area contributed by atoms with E-state index in [4.69, 9.17) is 5.11 Å². The van der Waals surface area contributed by atoms with Crippen LogP contribution in [-0.2, 0) is 11.2 Å². The number of carbonyl (C=O) groups excluding carboxylic acids is 1. The van der Waals surface area contributed by atoms with Crippen LogP contribution in [0.3, 0.4) is 0 Å². The van der Waals surface area contributed by atoms with E-state index in [0.29, 0.717) is 6.42 Å². The van der Waals surface area contributed by atoms with Crippen LogP contribution in [0.2, 0.25) is 0 Å². The van der Waals surface area contributed by atoms with Gasteiger partial charge in [0.2, 0.25) is 5.91 Å². The zero-order valence-corrected chi connectivity index (χ0v) is 8.17. The number of hydrogen-bond donors (Lipinski definition) is 2. The van der Waals surface area contributed by atoms with Crippen LogP contribution in [0.1, 0.15) is 11.8 Å². The Hall–Kier alpha value is -0.940. The number of aromatic nitrogens is 1. The highest BCUT2D eigenvalue weighted by molar-refractivity contribution is 7.09. The largest absolute Gasteiger partial charge is 0.394 e. The molecule has 1 aromatic rings. The second-order valence-electron chi connectivity index (χ2n) is 2.75. The molecule has 0 fully saturated rings. The number of thiazole rings is 1. The summed E-state index contributed by atoms with van der Waals surface area (Å²) >= 11 is 1.52. The standard InChI is InChI=1S/C8H12N2O2S/c1-6(12)10-7(4-11)2-8-3-9-5-13-8/h3,5,7,11H,2,4H2,1H3,(H,10,12)/t7-/m1/s1. The van der Waals surface area contributed by atoms with Gasteiger partial charge in [-0.2, -0.15) is 0 Å². The molecule has 2 N–H and O–H groups in total. The van der Waals surface area contributed by atoms with Crippen molar-refractivity contribution in [2.75, 3.05) is 6.61 Å². The third-order valence-electron chi connectivity index (χ3n) is 1.56. The van der Waals surface area contributed by atoms with Crippen LogP contribution in [0.25, 0.3) is 0 Å². The summed E-state index contributed by atoms with van der Waals surface area (Å²) in [4.78, 5) is 15.7. The Labute approximate surface area is 80.6 Å². The maximum Gasteiger partial charge on any atom is 0.217 e. The first-order chi connectivity index (χ1) is 6.22. The van der Waals surface area contributed by atoms with Crippen molar-refractivity contribution in [3.63, 3.8) is 0 Å². The van der Waals surface area contributed by atoms with Crippen LogP contribution >= 0.6 is 11.3 Å². The fourth-order valence-electron chi connectivity index (χ4n) is 1.03. The number of aliphatic hydroxyl groups excluding tert-OH is 1. The van der Waals surface area contributed by atoms with Crippen molar-refractivity contribution in [3.8, 4) is 0 Å².